The van der Waals surface area contributed by atoms with E-state index in [1.165, 1.54) is 6.07 Å². The van der Waals surface area contributed by atoms with E-state index >= 15 is 0 Å². The highest BCUT2D eigenvalue weighted by Gasteiger charge is 2.12. The first-order chi connectivity index (χ1) is 8.15. The minimum absolute atomic E-state index is 0.123. The van der Waals surface area contributed by atoms with Crippen LogP contribution in [0, 0.1) is 11.7 Å². The van der Waals surface area contributed by atoms with Crippen molar-refractivity contribution in [1.82, 2.24) is 5.32 Å². The lowest BCUT2D eigenvalue weighted by Crippen LogP contribution is -2.38. The van der Waals surface area contributed by atoms with Gasteiger partial charge in [0.1, 0.15) is 5.82 Å². The van der Waals surface area contributed by atoms with Gasteiger partial charge in [-0.15, -0.1) is 0 Å². The van der Waals surface area contributed by atoms with Crippen molar-refractivity contribution < 1.29 is 9.13 Å². The molecule has 0 spiro atoms. The molecule has 0 aliphatic carbocycles. The van der Waals surface area contributed by atoms with Gasteiger partial charge in [-0.1, -0.05) is 32.0 Å². The van der Waals surface area contributed by atoms with Crippen LogP contribution in [-0.2, 0) is 11.2 Å². The molecule has 0 aliphatic heterocycles. The molecule has 96 valence electrons. The van der Waals surface area contributed by atoms with Crippen molar-refractivity contribution in [2.45, 2.75) is 26.3 Å². The van der Waals surface area contributed by atoms with Gasteiger partial charge in [-0.25, -0.2) is 4.39 Å². The van der Waals surface area contributed by atoms with Crippen LogP contribution in [0.1, 0.15) is 19.4 Å². The molecule has 1 rings (SSSR count). The van der Waals surface area contributed by atoms with E-state index in [-0.39, 0.29) is 5.82 Å². The monoisotopic (exact) mass is 239 g/mol. The molecule has 0 saturated heterocycles. The summed E-state index contributed by atoms with van der Waals surface area (Å²) in [7, 11) is 1.70. The zero-order chi connectivity index (χ0) is 12.7. The standard InChI is InChI=1S/C14H22FNO/c1-11(2)14(10-17-3)16-9-8-12-6-4-5-7-13(12)15/h4-7,11,14,16H,8-10H2,1-3H3. The molecule has 1 N–H and O–H groups in total. The highest BCUT2D eigenvalue weighted by atomic mass is 19.1. The van der Waals surface area contributed by atoms with E-state index in [9.17, 15) is 4.39 Å². The second-order valence-electron chi connectivity index (χ2n) is 4.60. The average Bonchev–Trinajstić information content (AvgIpc) is 2.30. The van der Waals surface area contributed by atoms with Crippen LogP contribution in [-0.4, -0.2) is 26.3 Å². The Hall–Kier alpha value is -0.930. The normalized spacial score (nSPS) is 13.0. The molecule has 1 aromatic rings. The van der Waals surface area contributed by atoms with Crippen LogP contribution in [0.5, 0.6) is 0 Å². The predicted octanol–water partition coefficient (Wildman–Crippen LogP) is 2.63. The van der Waals surface area contributed by atoms with Crippen molar-refractivity contribution in [3.05, 3.63) is 35.6 Å². The fourth-order valence-corrected chi connectivity index (χ4v) is 1.76. The summed E-state index contributed by atoms with van der Waals surface area (Å²) in [5.41, 5.74) is 0.764. The molecule has 1 aromatic carbocycles. The largest absolute Gasteiger partial charge is 0.383 e. The molecule has 17 heavy (non-hydrogen) atoms. The van der Waals surface area contributed by atoms with Crippen molar-refractivity contribution >= 4 is 0 Å². The molecule has 2 nitrogen and oxygen atoms in total. The number of nitrogens with one attached hydrogen (secondary N) is 1. The summed E-state index contributed by atoms with van der Waals surface area (Å²) in [4.78, 5) is 0. The summed E-state index contributed by atoms with van der Waals surface area (Å²) in [6.45, 7) is 5.77. The third-order valence-corrected chi connectivity index (χ3v) is 2.91. The summed E-state index contributed by atoms with van der Waals surface area (Å²) >= 11 is 0. The molecule has 0 saturated carbocycles. The van der Waals surface area contributed by atoms with E-state index in [2.05, 4.69) is 19.2 Å². The topological polar surface area (TPSA) is 21.3 Å². The van der Waals surface area contributed by atoms with Crippen molar-refractivity contribution in [2.24, 2.45) is 5.92 Å². The summed E-state index contributed by atoms with van der Waals surface area (Å²) < 4.78 is 18.5. The third-order valence-electron chi connectivity index (χ3n) is 2.91. The maximum atomic E-state index is 13.4. The molecule has 1 atom stereocenters. The van der Waals surface area contributed by atoms with Gasteiger partial charge in [-0.3, -0.25) is 0 Å². The number of hydrogen-bond acceptors (Lipinski definition) is 2. The fourth-order valence-electron chi connectivity index (χ4n) is 1.76. The van der Waals surface area contributed by atoms with Gasteiger partial charge in [0.15, 0.2) is 0 Å². The van der Waals surface area contributed by atoms with Crippen LogP contribution in [0.15, 0.2) is 24.3 Å². The Labute approximate surface area is 103 Å². The van der Waals surface area contributed by atoms with Gasteiger partial charge in [0.25, 0.3) is 0 Å². The van der Waals surface area contributed by atoms with Crippen LogP contribution < -0.4 is 5.32 Å². The lowest BCUT2D eigenvalue weighted by Gasteiger charge is -2.21. The second kappa shape index (κ2) is 7.41. The van der Waals surface area contributed by atoms with Gasteiger partial charge in [0.05, 0.1) is 6.61 Å². The third kappa shape index (κ3) is 4.84. The molecule has 0 fully saturated rings. The Morgan fingerprint density at radius 3 is 2.59 bits per heavy atom. The van der Waals surface area contributed by atoms with Gasteiger partial charge in [0, 0.05) is 13.2 Å². The summed E-state index contributed by atoms with van der Waals surface area (Å²) in [5, 5.41) is 3.40. The molecule has 0 heterocycles. The fraction of sp³-hybridized carbons (Fsp3) is 0.571. The van der Waals surface area contributed by atoms with Gasteiger partial charge in [-0.05, 0) is 30.5 Å². The molecule has 0 aliphatic rings. The van der Waals surface area contributed by atoms with E-state index in [0.717, 1.165) is 12.1 Å². The van der Waals surface area contributed by atoms with Crippen LogP contribution in [0.4, 0.5) is 4.39 Å². The Kier molecular flexibility index (Phi) is 6.16. The van der Waals surface area contributed by atoms with Gasteiger partial charge in [-0.2, -0.15) is 0 Å². The lowest BCUT2D eigenvalue weighted by molar-refractivity contribution is 0.147. The molecule has 0 aromatic heterocycles. The minimum atomic E-state index is -0.123. The number of hydrogen-bond donors (Lipinski definition) is 1. The number of benzene rings is 1. The smallest absolute Gasteiger partial charge is 0.126 e. The number of methoxy groups -OCH3 is 1. The van der Waals surface area contributed by atoms with Crippen LogP contribution in [0.2, 0.25) is 0 Å². The predicted molar refractivity (Wildman–Crippen MR) is 68.6 cm³/mol. The Morgan fingerprint density at radius 2 is 2.00 bits per heavy atom. The molecule has 0 bridgehead atoms. The van der Waals surface area contributed by atoms with Crippen molar-refractivity contribution in [3.63, 3.8) is 0 Å². The maximum Gasteiger partial charge on any atom is 0.126 e. The molecule has 1 unspecified atom stereocenters. The van der Waals surface area contributed by atoms with E-state index in [0.29, 0.717) is 25.0 Å². The molecular formula is C14H22FNO. The highest BCUT2D eigenvalue weighted by Crippen LogP contribution is 2.07. The van der Waals surface area contributed by atoms with E-state index in [1.807, 2.05) is 12.1 Å². The molecular weight excluding hydrogens is 217 g/mol. The second-order valence-corrected chi connectivity index (χ2v) is 4.60. The Bertz CT molecular complexity index is 328. The minimum Gasteiger partial charge on any atom is -0.383 e. The Balaban J connectivity index is 2.38. The van der Waals surface area contributed by atoms with E-state index in [4.69, 9.17) is 4.74 Å². The van der Waals surface area contributed by atoms with Crippen molar-refractivity contribution in [1.29, 1.82) is 0 Å². The molecule has 0 radical (unpaired) electrons. The number of ether oxygens (including phenoxy) is 1. The van der Waals surface area contributed by atoms with Crippen LogP contribution >= 0.6 is 0 Å². The SMILES string of the molecule is COCC(NCCc1ccccc1F)C(C)C. The van der Waals surface area contributed by atoms with Gasteiger partial charge < -0.3 is 10.1 Å². The van der Waals surface area contributed by atoms with Gasteiger partial charge >= 0.3 is 0 Å². The zero-order valence-electron chi connectivity index (χ0n) is 10.9. The summed E-state index contributed by atoms with van der Waals surface area (Å²) in [6, 6.07) is 7.25. The number of rotatable bonds is 7. The Morgan fingerprint density at radius 1 is 1.29 bits per heavy atom. The van der Waals surface area contributed by atoms with Crippen molar-refractivity contribution in [2.75, 3.05) is 20.3 Å². The lowest BCUT2D eigenvalue weighted by atomic mass is 10.0. The molecule has 0 amide bonds. The van der Waals surface area contributed by atoms with E-state index in [1.54, 1.807) is 13.2 Å². The summed E-state index contributed by atoms with van der Waals surface area (Å²) in [5.74, 6) is 0.387. The first-order valence-corrected chi connectivity index (χ1v) is 6.11. The maximum absolute atomic E-state index is 13.4. The van der Waals surface area contributed by atoms with E-state index < -0.39 is 0 Å². The van der Waals surface area contributed by atoms with Gasteiger partial charge in [0.2, 0.25) is 0 Å². The number of halogens is 1. The van der Waals surface area contributed by atoms with Crippen molar-refractivity contribution in [3.8, 4) is 0 Å². The molecule has 3 heteroatoms. The quantitative estimate of drug-likeness (QED) is 0.789. The first kappa shape index (κ1) is 14.1. The summed E-state index contributed by atoms with van der Waals surface area (Å²) in [6.07, 6.45) is 0.708. The average molecular weight is 239 g/mol. The highest BCUT2D eigenvalue weighted by molar-refractivity contribution is 5.17. The van der Waals surface area contributed by atoms with Crippen LogP contribution in [0.25, 0.3) is 0 Å². The van der Waals surface area contributed by atoms with Crippen LogP contribution in [0.3, 0.4) is 0 Å². The zero-order valence-corrected chi connectivity index (χ0v) is 10.9. The first-order valence-electron chi connectivity index (χ1n) is 6.11.